The average Bonchev–Trinajstić information content (AvgIpc) is 2.15. The van der Waals surface area contributed by atoms with Crippen LogP contribution in [0.1, 0.15) is 24.2 Å². The molecule has 0 aliphatic carbocycles. The Morgan fingerprint density at radius 3 is 3.00 bits per heavy atom. The van der Waals surface area contributed by atoms with Crippen LogP contribution in [0.5, 0.6) is 5.75 Å². The summed E-state index contributed by atoms with van der Waals surface area (Å²) in [5.74, 6) is 1.01. The van der Waals surface area contributed by atoms with Crippen molar-refractivity contribution in [2.45, 2.75) is 13.8 Å². The van der Waals surface area contributed by atoms with Crippen LogP contribution in [0.2, 0.25) is 0 Å². The minimum atomic E-state index is 0.444. The van der Waals surface area contributed by atoms with E-state index in [9.17, 15) is 4.79 Å². The average molecular weight is 179 g/mol. The fraction of sp³-hybridized carbons (Fsp3) is 0.400. The lowest BCUT2D eigenvalue weighted by Crippen LogP contribution is -2.06. The van der Waals surface area contributed by atoms with Crippen LogP contribution in [0.25, 0.3) is 0 Å². The molecule has 0 saturated carbocycles. The lowest BCUT2D eigenvalue weighted by atomic mass is 10.2. The number of carbonyl (C=O) groups excluding carboxylic acids is 1. The summed E-state index contributed by atoms with van der Waals surface area (Å²) in [6, 6.07) is 1.64. The zero-order chi connectivity index (χ0) is 9.68. The number of hydrogen-bond donors (Lipinski definition) is 0. The summed E-state index contributed by atoms with van der Waals surface area (Å²) in [6.07, 6.45) is 3.91. The second kappa shape index (κ2) is 4.60. The van der Waals surface area contributed by atoms with Crippen molar-refractivity contribution in [3.05, 3.63) is 24.0 Å². The highest BCUT2D eigenvalue weighted by Gasteiger charge is 2.02. The Morgan fingerprint density at radius 1 is 1.62 bits per heavy atom. The molecule has 1 aromatic heterocycles. The number of rotatable bonds is 4. The maximum atomic E-state index is 10.6. The van der Waals surface area contributed by atoms with Crippen molar-refractivity contribution in [2.24, 2.45) is 5.92 Å². The summed E-state index contributed by atoms with van der Waals surface area (Å²) in [6.45, 7) is 4.71. The van der Waals surface area contributed by atoms with Crippen LogP contribution >= 0.6 is 0 Å². The molecule has 3 heteroatoms. The van der Waals surface area contributed by atoms with Gasteiger partial charge in [0.05, 0.1) is 18.4 Å². The van der Waals surface area contributed by atoms with E-state index in [4.69, 9.17) is 4.74 Å². The molecule has 0 aliphatic heterocycles. The molecule has 1 aromatic rings. The van der Waals surface area contributed by atoms with Crippen molar-refractivity contribution in [3.63, 3.8) is 0 Å². The molecular weight excluding hydrogens is 166 g/mol. The highest BCUT2D eigenvalue weighted by atomic mass is 16.5. The molecule has 0 saturated heterocycles. The van der Waals surface area contributed by atoms with Crippen LogP contribution in [-0.4, -0.2) is 17.9 Å². The van der Waals surface area contributed by atoms with Crippen molar-refractivity contribution < 1.29 is 9.53 Å². The summed E-state index contributed by atoms with van der Waals surface area (Å²) in [7, 11) is 0. The highest BCUT2D eigenvalue weighted by Crippen LogP contribution is 2.14. The van der Waals surface area contributed by atoms with E-state index in [1.807, 2.05) is 0 Å². The van der Waals surface area contributed by atoms with Crippen LogP contribution in [-0.2, 0) is 0 Å². The van der Waals surface area contributed by atoms with E-state index in [0.29, 0.717) is 23.8 Å². The third-order valence-electron chi connectivity index (χ3n) is 1.52. The van der Waals surface area contributed by atoms with Gasteiger partial charge in [0, 0.05) is 6.20 Å². The van der Waals surface area contributed by atoms with Gasteiger partial charge in [0.15, 0.2) is 6.29 Å². The first-order valence-corrected chi connectivity index (χ1v) is 4.26. The Morgan fingerprint density at radius 2 is 2.38 bits per heavy atom. The van der Waals surface area contributed by atoms with E-state index in [-0.39, 0.29) is 0 Å². The maximum absolute atomic E-state index is 10.6. The van der Waals surface area contributed by atoms with Gasteiger partial charge in [0.25, 0.3) is 0 Å². The number of hydrogen-bond acceptors (Lipinski definition) is 3. The summed E-state index contributed by atoms with van der Waals surface area (Å²) in [4.78, 5) is 14.5. The molecular formula is C10H13NO2. The zero-order valence-corrected chi connectivity index (χ0v) is 7.86. The molecule has 0 bridgehead atoms. The van der Waals surface area contributed by atoms with Gasteiger partial charge in [-0.25, -0.2) is 0 Å². The Hall–Kier alpha value is -1.38. The highest BCUT2D eigenvalue weighted by molar-refractivity contribution is 5.78. The van der Waals surface area contributed by atoms with Gasteiger partial charge in [-0.1, -0.05) is 13.8 Å². The molecule has 1 heterocycles. The van der Waals surface area contributed by atoms with Crippen LogP contribution in [0, 0.1) is 5.92 Å². The first-order valence-electron chi connectivity index (χ1n) is 4.26. The van der Waals surface area contributed by atoms with E-state index < -0.39 is 0 Å². The smallest absolute Gasteiger partial charge is 0.153 e. The van der Waals surface area contributed by atoms with E-state index in [1.165, 1.54) is 0 Å². The first-order chi connectivity index (χ1) is 6.24. The Kier molecular flexibility index (Phi) is 3.43. The van der Waals surface area contributed by atoms with E-state index >= 15 is 0 Å². The van der Waals surface area contributed by atoms with E-state index in [1.54, 1.807) is 18.5 Å². The Bertz CT molecular complexity index is 284. The number of ether oxygens (including phenoxy) is 1. The maximum Gasteiger partial charge on any atom is 0.153 e. The predicted octanol–water partition coefficient (Wildman–Crippen LogP) is 1.93. The normalized spacial score (nSPS) is 10.1. The monoisotopic (exact) mass is 179 g/mol. The molecule has 0 radical (unpaired) electrons. The van der Waals surface area contributed by atoms with Crippen molar-refractivity contribution in [2.75, 3.05) is 6.61 Å². The summed E-state index contributed by atoms with van der Waals surface area (Å²) < 4.78 is 5.40. The molecule has 0 unspecified atom stereocenters. The molecule has 0 aliphatic rings. The second-order valence-corrected chi connectivity index (χ2v) is 3.24. The standard InChI is InChI=1S/C10H13NO2/c1-8(2)7-13-10-5-11-4-3-9(10)6-12/h3-6,8H,7H2,1-2H3. The fourth-order valence-corrected chi connectivity index (χ4v) is 0.865. The van der Waals surface area contributed by atoms with Crippen molar-refractivity contribution in [1.82, 2.24) is 4.98 Å². The molecule has 3 nitrogen and oxygen atoms in total. The number of pyridine rings is 1. The number of aromatic nitrogens is 1. The SMILES string of the molecule is CC(C)COc1cnccc1C=O. The number of nitrogens with zero attached hydrogens (tertiary/aromatic N) is 1. The molecule has 70 valence electrons. The topological polar surface area (TPSA) is 39.2 Å². The fourth-order valence-electron chi connectivity index (χ4n) is 0.865. The molecule has 0 aromatic carbocycles. The summed E-state index contributed by atoms with van der Waals surface area (Å²) >= 11 is 0. The molecule has 0 spiro atoms. The van der Waals surface area contributed by atoms with Crippen molar-refractivity contribution in [1.29, 1.82) is 0 Å². The Labute approximate surface area is 77.8 Å². The van der Waals surface area contributed by atoms with Crippen LogP contribution in [0.15, 0.2) is 18.5 Å². The van der Waals surface area contributed by atoms with Gasteiger partial charge in [-0.3, -0.25) is 9.78 Å². The van der Waals surface area contributed by atoms with Crippen LogP contribution < -0.4 is 4.74 Å². The third-order valence-corrected chi connectivity index (χ3v) is 1.52. The predicted molar refractivity (Wildman–Crippen MR) is 50.0 cm³/mol. The van der Waals surface area contributed by atoms with Gasteiger partial charge >= 0.3 is 0 Å². The molecule has 0 N–H and O–H groups in total. The summed E-state index contributed by atoms with van der Waals surface area (Å²) in [5, 5.41) is 0. The number of aldehydes is 1. The number of carbonyl (C=O) groups is 1. The largest absolute Gasteiger partial charge is 0.491 e. The van der Waals surface area contributed by atoms with E-state index in [2.05, 4.69) is 18.8 Å². The van der Waals surface area contributed by atoms with E-state index in [0.717, 1.165) is 6.29 Å². The van der Waals surface area contributed by atoms with Crippen molar-refractivity contribution in [3.8, 4) is 5.75 Å². The van der Waals surface area contributed by atoms with Gasteiger partial charge in [-0.2, -0.15) is 0 Å². The van der Waals surface area contributed by atoms with Crippen molar-refractivity contribution >= 4 is 6.29 Å². The second-order valence-electron chi connectivity index (χ2n) is 3.24. The Balaban J connectivity index is 2.69. The molecule has 0 atom stereocenters. The quantitative estimate of drug-likeness (QED) is 0.663. The van der Waals surface area contributed by atoms with Crippen LogP contribution in [0.4, 0.5) is 0 Å². The molecule has 1 rings (SSSR count). The van der Waals surface area contributed by atoms with Gasteiger partial charge in [0.2, 0.25) is 0 Å². The minimum absolute atomic E-state index is 0.444. The third kappa shape index (κ3) is 2.86. The minimum Gasteiger partial charge on any atom is -0.491 e. The van der Waals surface area contributed by atoms with Gasteiger partial charge in [-0.05, 0) is 12.0 Å². The molecule has 13 heavy (non-hydrogen) atoms. The summed E-state index contributed by atoms with van der Waals surface area (Å²) in [5.41, 5.74) is 0.552. The van der Waals surface area contributed by atoms with Crippen LogP contribution in [0.3, 0.4) is 0 Å². The molecule has 0 amide bonds. The van der Waals surface area contributed by atoms with Gasteiger partial charge in [-0.15, -0.1) is 0 Å². The lowest BCUT2D eigenvalue weighted by molar-refractivity contribution is 0.111. The van der Waals surface area contributed by atoms with Gasteiger partial charge < -0.3 is 4.74 Å². The molecule has 0 fully saturated rings. The van der Waals surface area contributed by atoms with Gasteiger partial charge in [0.1, 0.15) is 5.75 Å². The zero-order valence-electron chi connectivity index (χ0n) is 7.86. The first kappa shape index (κ1) is 9.71. The lowest BCUT2D eigenvalue weighted by Gasteiger charge is -2.09.